The Kier molecular flexibility index (Phi) is 7.16. The third-order valence-electron chi connectivity index (χ3n) is 3.37. The highest BCUT2D eigenvalue weighted by atomic mass is 16.5. The molecule has 0 aliphatic heterocycles. The highest BCUT2D eigenvalue weighted by Gasteiger charge is 2.30. The summed E-state index contributed by atoms with van der Waals surface area (Å²) >= 11 is 0. The lowest BCUT2D eigenvalue weighted by Gasteiger charge is -2.34. The van der Waals surface area contributed by atoms with E-state index in [4.69, 9.17) is 10.5 Å². The van der Waals surface area contributed by atoms with Crippen molar-refractivity contribution in [1.29, 1.82) is 0 Å². The molecule has 0 radical (unpaired) electrons. The molecule has 114 valence electrons. The molecule has 3 N–H and O–H groups in total. The van der Waals surface area contributed by atoms with Gasteiger partial charge in [0.15, 0.2) is 0 Å². The predicted molar refractivity (Wildman–Crippen MR) is 82.5 cm³/mol. The maximum absolute atomic E-state index is 10.9. The van der Waals surface area contributed by atoms with E-state index in [2.05, 4.69) is 18.7 Å². The molecule has 1 rings (SSSR count). The van der Waals surface area contributed by atoms with Gasteiger partial charge in [-0.25, -0.2) is 0 Å². The lowest BCUT2D eigenvalue weighted by Crippen LogP contribution is -2.47. The van der Waals surface area contributed by atoms with Gasteiger partial charge in [-0.3, -0.25) is 4.90 Å². The standard InChI is InChI=1S/C16H28N2O2/c1-14(2)11-18(9-10-20-3)13-16(19,12-17)15-7-5-4-6-8-15/h4-8,14,19H,9-13,17H2,1-3H3. The number of rotatable bonds is 9. The molecule has 0 bridgehead atoms. The first-order valence-corrected chi connectivity index (χ1v) is 7.21. The van der Waals surface area contributed by atoms with Gasteiger partial charge in [0.25, 0.3) is 0 Å². The second kappa shape index (κ2) is 8.37. The third-order valence-corrected chi connectivity index (χ3v) is 3.37. The van der Waals surface area contributed by atoms with Crippen LogP contribution in [0, 0.1) is 5.92 Å². The Morgan fingerprint density at radius 1 is 1.30 bits per heavy atom. The van der Waals surface area contributed by atoms with Crippen LogP contribution in [0.3, 0.4) is 0 Å². The Morgan fingerprint density at radius 2 is 1.95 bits per heavy atom. The van der Waals surface area contributed by atoms with Crippen molar-refractivity contribution < 1.29 is 9.84 Å². The molecule has 1 atom stereocenters. The molecule has 4 nitrogen and oxygen atoms in total. The van der Waals surface area contributed by atoms with Gasteiger partial charge in [0.1, 0.15) is 5.60 Å². The first-order valence-electron chi connectivity index (χ1n) is 7.21. The van der Waals surface area contributed by atoms with Crippen LogP contribution < -0.4 is 5.73 Å². The Bertz CT molecular complexity index is 370. The number of hydrogen-bond donors (Lipinski definition) is 2. The van der Waals surface area contributed by atoms with Crippen LogP contribution in [0.2, 0.25) is 0 Å². The van der Waals surface area contributed by atoms with E-state index in [0.29, 0.717) is 19.1 Å². The van der Waals surface area contributed by atoms with Gasteiger partial charge in [-0.05, 0) is 11.5 Å². The van der Waals surface area contributed by atoms with Crippen molar-refractivity contribution in [3.8, 4) is 0 Å². The zero-order valence-corrected chi connectivity index (χ0v) is 12.9. The largest absolute Gasteiger partial charge is 0.383 e. The summed E-state index contributed by atoms with van der Waals surface area (Å²) in [7, 11) is 1.69. The molecule has 20 heavy (non-hydrogen) atoms. The van der Waals surface area contributed by atoms with Crippen molar-refractivity contribution in [2.24, 2.45) is 11.7 Å². The number of aliphatic hydroxyl groups is 1. The number of nitrogens with zero attached hydrogens (tertiary/aromatic N) is 1. The smallest absolute Gasteiger partial charge is 0.114 e. The molecule has 1 unspecified atom stereocenters. The summed E-state index contributed by atoms with van der Waals surface area (Å²) < 4.78 is 5.15. The number of methoxy groups -OCH3 is 1. The molecule has 0 amide bonds. The van der Waals surface area contributed by atoms with E-state index >= 15 is 0 Å². The summed E-state index contributed by atoms with van der Waals surface area (Å²) in [5.41, 5.74) is 5.70. The van der Waals surface area contributed by atoms with E-state index in [9.17, 15) is 5.11 Å². The molecule has 0 aliphatic carbocycles. The predicted octanol–water partition coefficient (Wildman–Crippen LogP) is 1.44. The molecule has 0 saturated carbocycles. The average molecular weight is 280 g/mol. The zero-order chi connectivity index (χ0) is 15.0. The first kappa shape index (κ1) is 17.1. The number of nitrogens with two attached hydrogens (primary N) is 1. The number of hydrogen-bond acceptors (Lipinski definition) is 4. The van der Waals surface area contributed by atoms with Crippen LogP contribution in [-0.2, 0) is 10.3 Å². The van der Waals surface area contributed by atoms with E-state index in [1.54, 1.807) is 7.11 Å². The molecule has 1 aromatic carbocycles. The second-order valence-electron chi connectivity index (χ2n) is 5.72. The fourth-order valence-corrected chi connectivity index (χ4v) is 2.36. The highest BCUT2D eigenvalue weighted by molar-refractivity contribution is 5.23. The van der Waals surface area contributed by atoms with Gasteiger partial charge in [0.2, 0.25) is 0 Å². The molecule has 0 heterocycles. The summed E-state index contributed by atoms with van der Waals surface area (Å²) in [6, 6.07) is 9.65. The first-order chi connectivity index (χ1) is 9.51. The van der Waals surface area contributed by atoms with Gasteiger partial charge in [-0.2, -0.15) is 0 Å². The van der Waals surface area contributed by atoms with Gasteiger partial charge in [-0.15, -0.1) is 0 Å². The monoisotopic (exact) mass is 280 g/mol. The van der Waals surface area contributed by atoms with Gasteiger partial charge < -0.3 is 15.6 Å². The minimum atomic E-state index is -1.01. The van der Waals surface area contributed by atoms with Crippen LogP contribution in [-0.4, -0.2) is 49.9 Å². The Labute approximate surface area is 122 Å². The van der Waals surface area contributed by atoms with Crippen LogP contribution in [0.5, 0.6) is 0 Å². The van der Waals surface area contributed by atoms with Crippen LogP contribution in [0.1, 0.15) is 19.4 Å². The van der Waals surface area contributed by atoms with Crippen molar-refractivity contribution in [2.45, 2.75) is 19.4 Å². The normalized spacial score (nSPS) is 14.8. The molecule has 4 heteroatoms. The zero-order valence-electron chi connectivity index (χ0n) is 12.9. The van der Waals surface area contributed by atoms with Gasteiger partial charge in [-0.1, -0.05) is 44.2 Å². The molecule has 0 aliphatic rings. The minimum absolute atomic E-state index is 0.207. The Morgan fingerprint density at radius 3 is 2.45 bits per heavy atom. The van der Waals surface area contributed by atoms with Crippen LogP contribution in [0.4, 0.5) is 0 Å². The van der Waals surface area contributed by atoms with Crippen molar-refractivity contribution >= 4 is 0 Å². The molecule has 0 spiro atoms. The molecular weight excluding hydrogens is 252 g/mol. The van der Waals surface area contributed by atoms with Crippen LogP contribution in [0.25, 0.3) is 0 Å². The highest BCUT2D eigenvalue weighted by Crippen LogP contribution is 2.21. The Hall–Kier alpha value is -0.940. The van der Waals surface area contributed by atoms with E-state index in [-0.39, 0.29) is 6.54 Å². The average Bonchev–Trinajstić information content (AvgIpc) is 2.45. The van der Waals surface area contributed by atoms with E-state index in [0.717, 1.165) is 18.7 Å². The maximum atomic E-state index is 10.9. The lowest BCUT2D eigenvalue weighted by atomic mass is 9.93. The number of ether oxygens (including phenoxy) is 1. The van der Waals surface area contributed by atoms with Crippen molar-refractivity contribution in [1.82, 2.24) is 4.90 Å². The quantitative estimate of drug-likeness (QED) is 0.718. The minimum Gasteiger partial charge on any atom is -0.383 e. The topological polar surface area (TPSA) is 58.7 Å². The van der Waals surface area contributed by atoms with Crippen molar-refractivity contribution in [2.75, 3.05) is 39.9 Å². The van der Waals surface area contributed by atoms with Gasteiger partial charge >= 0.3 is 0 Å². The molecule has 0 saturated heterocycles. The summed E-state index contributed by atoms with van der Waals surface area (Å²) in [6.45, 7) is 7.44. The Balaban J connectivity index is 2.81. The number of benzene rings is 1. The van der Waals surface area contributed by atoms with Gasteiger partial charge in [0.05, 0.1) is 6.61 Å². The van der Waals surface area contributed by atoms with Crippen LogP contribution in [0.15, 0.2) is 30.3 Å². The fourth-order valence-electron chi connectivity index (χ4n) is 2.36. The molecule has 0 aromatic heterocycles. The fraction of sp³-hybridized carbons (Fsp3) is 0.625. The SMILES string of the molecule is COCCN(CC(C)C)CC(O)(CN)c1ccccc1. The van der Waals surface area contributed by atoms with E-state index in [1.807, 2.05) is 30.3 Å². The third kappa shape index (κ3) is 5.21. The molecular formula is C16H28N2O2. The molecule has 0 fully saturated rings. The maximum Gasteiger partial charge on any atom is 0.114 e. The van der Waals surface area contributed by atoms with Crippen LogP contribution >= 0.6 is 0 Å². The van der Waals surface area contributed by atoms with E-state index < -0.39 is 5.60 Å². The van der Waals surface area contributed by atoms with Crippen molar-refractivity contribution in [3.63, 3.8) is 0 Å². The summed E-state index contributed by atoms with van der Waals surface area (Å²) in [5.74, 6) is 0.532. The molecule has 1 aromatic rings. The second-order valence-corrected chi connectivity index (χ2v) is 5.72. The summed E-state index contributed by atoms with van der Waals surface area (Å²) in [6.07, 6.45) is 0. The summed E-state index contributed by atoms with van der Waals surface area (Å²) in [5, 5.41) is 10.9. The van der Waals surface area contributed by atoms with E-state index in [1.165, 1.54) is 0 Å². The van der Waals surface area contributed by atoms with Gasteiger partial charge in [0, 0.05) is 33.3 Å². The lowest BCUT2D eigenvalue weighted by molar-refractivity contribution is -0.00238. The summed E-state index contributed by atoms with van der Waals surface area (Å²) in [4.78, 5) is 2.22. The van der Waals surface area contributed by atoms with Crippen molar-refractivity contribution in [3.05, 3.63) is 35.9 Å².